The van der Waals surface area contributed by atoms with E-state index in [1.807, 2.05) is 6.92 Å². The molecule has 0 unspecified atom stereocenters. The first kappa shape index (κ1) is 19.0. The number of aryl methyl sites for hydroxylation is 1. The van der Waals surface area contributed by atoms with E-state index in [9.17, 15) is 14.9 Å². The van der Waals surface area contributed by atoms with Crippen molar-refractivity contribution in [1.29, 1.82) is 0 Å². The fourth-order valence-corrected chi connectivity index (χ4v) is 2.55. The molecule has 2 aromatic rings. The molecule has 0 amide bonds. The van der Waals surface area contributed by atoms with Crippen molar-refractivity contribution < 1.29 is 19.2 Å². The van der Waals surface area contributed by atoms with Gasteiger partial charge in [-0.1, -0.05) is 18.7 Å². The van der Waals surface area contributed by atoms with E-state index in [1.54, 1.807) is 43.3 Å². The third-order valence-corrected chi connectivity index (χ3v) is 3.93. The van der Waals surface area contributed by atoms with Gasteiger partial charge in [-0.2, -0.15) is 0 Å². The van der Waals surface area contributed by atoms with Gasteiger partial charge >= 0.3 is 5.97 Å². The van der Waals surface area contributed by atoms with Crippen LogP contribution >= 0.6 is 0 Å². The molecule has 1 aliphatic rings. The highest BCUT2D eigenvalue weighted by atomic mass is 16.6. The van der Waals surface area contributed by atoms with Gasteiger partial charge in [0.1, 0.15) is 12.4 Å². The van der Waals surface area contributed by atoms with E-state index < -0.39 is 10.9 Å². The number of aliphatic imine (C=N–C) groups is 1. The molecule has 1 aliphatic heterocycles. The van der Waals surface area contributed by atoms with E-state index >= 15 is 0 Å². The highest BCUT2D eigenvalue weighted by Crippen LogP contribution is 2.24. The molecule has 3 rings (SSSR count). The summed E-state index contributed by atoms with van der Waals surface area (Å²) in [4.78, 5) is 26.8. The third kappa shape index (κ3) is 4.32. The molecule has 0 aromatic heterocycles. The summed E-state index contributed by atoms with van der Waals surface area (Å²) >= 11 is 0. The molecule has 142 valence electrons. The zero-order valence-electron chi connectivity index (χ0n) is 15.5. The van der Waals surface area contributed by atoms with Gasteiger partial charge in [0, 0.05) is 17.2 Å². The van der Waals surface area contributed by atoms with Crippen LogP contribution in [-0.4, -0.2) is 23.4 Å². The van der Waals surface area contributed by atoms with Crippen LogP contribution in [0.4, 0.5) is 5.69 Å². The van der Waals surface area contributed by atoms with Crippen LogP contribution in [0, 0.1) is 17.0 Å². The standard InChI is InChI=1S/C21H18N2O5/c1-13(2)12-27-17-7-4-15(5-8-17)11-18-21(24)28-20(22-18)16-6-9-19(23(25)26)14(3)10-16/h4-11H,1,12H2,2-3H3/b18-11-. The number of benzene rings is 2. The lowest BCUT2D eigenvalue weighted by Gasteiger charge is -2.05. The number of hydrogen-bond acceptors (Lipinski definition) is 6. The Bertz CT molecular complexity index is 1020. The fourth-order valence-electron chi connectivity index (χ4n) is 2.55. The van der Waals surface area contributed by atoms with Gasteiger partial charge < -0.3 is 9.47 Å². The van der Waals surface area contributed by atoms with Crippen LogP contribution < -0.4 is 4.74 Å². The molecule has 0 fully saturated rings. The second-order valence-electron chi connectivity index (χ2n) is 6.41. The highest BCUT2D eigenvalue weighted by Gasteiger charge is 2.25. The molecule has 0 atom stereocenters. The van der Waals surface area contributed by atoms with E-state index in [4.69, 9.17) is 9.47 Å². The summed E-state index contributed by atoms with van der Waals surface area (Å²) in [5.74, 6) is 0.244. The number of nitro benzene ring substituents is 1. The predicted octanol–water partition coefficient (Wildman–Crippen LogP) is 4.20. The summed E-state index contributed by atoms with van der Waals surface area (Å²) < 4.78 is 10.8. The van der Waals surface area contributed by atoms with E-state index in [-0.39, 0.29) is 17.3 Å². The van der Waals surface area contributed by atoms with Crippen LogP contribution in [-0.2, 0) is 9.53 Å². The van der Waals surface area contributed by atoms with E-state index in [2.05, 4.69) is 11.6 Å². The minimum absolute atomic E-state index is 0.00149. The Morgan fingerprint density at radius 1 is 1.29 bits per heavy atom. The number of cyclic esters (lactones) is 1. The maximum Gasteiger partial charge on any atom is 0.363 e. The van der Waals surface area contributed by atoms with Crippen molar-refractivity contribution >= 4 is 23.6 Å². The lowest BCUT2D eigenvalue weighted by atomic mass is 10.1. The Morgan fingerprint density at radius 3 is 2.61 bits per heavy atom. The fraction of sp³-hybridized carbons (Fsp3) is 0.143. The summed E-state index contributed by atoms with van der Waals surface area (Å²) in [6.07, 6.45) is 1.61. The summed E-state index contributed by atoms with van der Waals surface area (Å²) in [5.41, 5.74) is 2.80. The van der Waals surface area contributed by atoms with Gasteiger partial charge in [0.05, 0.1) is 4.92 Å². The van der Waals surface area contributed by atoms with Crippen LogP contribution in [0.15, 0.2) is 65.3 Å². The number of nitrogens with zero attached hydrogens (tertiary/aromatic N) is 2. The van der Waals surface area contributed by atoms with E-state index in [1.165, 1.54) is 12.1 Å². The average Bonchev–Trinajstić information content (AvgIpc) is 3.01. The summed E-state index contributed by atoms with van der Waals surface area (Å²) in [7, 11) is 0. The van der Waals surface area contributed by atoms with Gasteiger partial charge in [-0.15, -0.1) is 0 Å². The maximum atomic E-state index is 12.1. The molecule has 2 aromatic carbocycles. The number of nitro groups is 1. The van der Waals surface area contributed by atoms with Crippen molar-refractivity contribution in [3.8, 4) is 5.75 Å². The van der Waals surface area contributed by atoms with Gasteiger partial charge in [-0.05, 0) is 55.3 Å². The van der Waals surface area contributed by atoms with E-state index in [0.29, 0.717) is 23.5 Å². The third-order valence-electron chi connectivity index (χ3n) is 3.93. The smallest absolute Gasteiger partial charge is 0.363 e. The van der Waals surface area contributed by atoms with Gasteiger partial charge in [0.15, 0.2) is 5.70 Å². The van der Waals surface area contributed by atoms with Crippen molar-refractivity contribution in [3.05, 3.63) is 87.1 Å². The minimum Gasteiger partial charge on any atom is -0.489 e. The number of ether oxygens (including phenoxy) is 2. The van der Waals surface area contributed by atoms with Gasteiger partial charge in [0.25, 0.3) is 5.69 Å². The molecular weight excluding hydrogens is 360 g/mol. The zero-order valence-corrected chi connectivity index (χ0v) is 15.5. The second-order valence-corrected chi connectivity index (χ2v) is 6.41. The Hall–Kier alpha value is -3.74. The molecule has 0 N–H and O–H groups in total. The zero-order chi connectivity index (χ0) is 20.3. The number of carbonyl (C=O) groups excluding carboxylic acids is 1. The molecule has 28 heavy (non-hydrogen) atoms. The monoisotopic (exact) mass is 378 g/mol. The Morgan fingerprint density at radius 2 is 2.00 bits per heavy atom. The summed E-state index contributed by atoms with van der Waals surface area (Å²) in [6.45, 7) is 7.72. The largest absolute Gasteiger partial charge is 0.489 e. The number of esters is 1. The molecule has 1 heterocycles. The molecule has 0 saturated heterocycles. The predicted molar refractivity (Wildman–Crippen MR) is 105 cm³/mol. The normalized spacial score (nSPS) is 14.6. The Kier molecular flexibility index (Phi) is 5.35. The molecule has 7 heteroatoms. The van der Waals surface area contributed by atoms with Crippen molar-refractivity contribution in [3.63, 3.8) is 0 Å². The molecule has 0 spiro atoms. The lowest BCUT2D eigenvalue weighted by Crippen LogP contribution is -2.06. The highest BCUT2D eigenvalue weighted by molar-refractivity contribution is 6.13. The van der Waals surface area contributed by atoms with Gasteiger partial charge in [-0.3, -0.25) is 10.1 Å². The van der Waals surface area contributed by atoms with Crippen LogP contribution in [0.1, 0.15) is 23.6 Å². The molecular formula is C21H18N2O5. The molecule has 0 bridgehead atoms. The minimum atomic E-state index is -0.575. The van der Waals surface area contributed by atoms with Crippen molar-refractivity contribution in [2.45, 2.75) is 13.8 Å². The first-order valence-electron chi connectivity index (χ1n) is 8.48. The summed E-state index contributed by atoms with van der Waals surface area (Å²) in [5, 5.41) is 10.9. The number of hydrogen-bond donors (Lipinski definition) is 0. The number of carbonyl (C=O) groups is 1. The maximum absolute atomic E-state index is 12.1. The van der Waals surface area contributed by atoms with Crippen LogP contribution in [0.2, 0.25) is 0 Å². The van der Waals surface area contributed by atoms with E-state index in [0.717, 1.165) is 11.1 Å². The van der Waals surface area contributed by atoms with Crippen LogP contribution in [0.5, 0.6) is 5.75 Å². The number of rotatable bonds is 6. The first-order valence-corrected chi connectivity index (χ1v) is 8.48. The molecule has 7 nitrogen and oxygen atoms in total. The topological polar surface area (TPSA) is 91.0 Å². The lowest BCUT2D eigenvalue weighted by molar-refractivity contribution is -0.385. The SMILES string of the molecule is C=C(C)COc1ccc(/C=C2\N=C(c3ccc([N+](=O)[O-])c(C)c3)OC2=O)cc1. The average molecular weight is 378 g/mol. The Labute approximate surface area is 161 Å². The quantitative estimate of drug-likeness (QED) is 0.247. The van der Waals surface area contributed by atoms with Crippen molar-refractivity contribution in [2.24, 2.45) is 4.99 Å². The van der Waals surface area contributed by atoms with Gasteiger partial charge in [-0.25, -0.2) is 9.79 Å². The first-order chi connectivity index (χ1) is 13.3. The van der Waals surface area contributed by atoms with Gasteiger partial charge in [0.2, 0.25) is 5.90 Å². The van der Waals surface area contributed by atoms with Crippen molar-refractivity contribution in [2.75, 3.05) is 6.61 Å². The second kappa shape index (κ2) is 7.87. The molecule has 0 radical (unpaired) electrons. The molecule has 0 aliphatic carbocycles. The Balaban J connectivity index is 1.80. The van der Waals surface area contributed by atoms with Crippen LogP contribution in [0.3, 0.4) is 0 Å². The van der Waals surface area contributed by atoms with Crippen LogP contribution in [0.25, 0.3) is 6.08 Å². The van der Waals surface area contributed by atoms with Crippen molar-refractivity contribution in [1.82, 2.24) is 0 Å². The molecule has 0 saturated carbocycles. The summed E-state index contributed by atoms with van der Waals surface area (Å²) in [6, 6.07) is 11.6.